The van der Waals surface area contributed by atoms with Crippen molar-refractivity contribution in [3.63, 3.8) is 0 Å². The summed E-state index contributed by atoms with van der Waals surface area (Å²) in [7, 11) is 0. The van der Waals surface area contributed by atoms with Gasteiger partial charge in [-0.25, -0.2) is 9.97 Å². The van der Waals surface area contributed by atoms with E-state index in [-0.39, 0.29) is 39.1 Å². The van der Waals surface area contributed by atoms with Gasteiger partial charge in [-0.3, -0.25) is 4.21 Å². The topological polar surface area (TPSA) is 65.9 Å². The van der Waals surface area contributed by atoms with Gasteiger partial charge in [-0.15, -0.1) is 11.3 Å². The first-order valence-corrected chi connectivity index (χ1v) is 5.45. The minimum Gasteiger partial charge on any atom is -0.768 e. The molecule has 2 heterocycles. The Morgan fingerprint density at radius 1 is 1.57 bits per heavy atom. The van der Waals surface area contributed by atoms with E-state index in [0.717, 1.165) is 11.3 Å². The fourth-order valence-electron chi connectivity index (χ4n) is 0.875. The van der Waals surface area contributed by atoms with Crippen molar-refractivity contribution < 1.29 is 38.3 Å². The van der Waals surface area contributed by atoms with Crippen molar-refractivity contribution in [3.8, 4) is 0 Å². The van der Waals surface area contributed by atoms with Gasteiger partial charge in [-0.2, -0.15) is 0 Å². The number of nitrogens with zero attached hydrogens (tertiary/aromatic N) is 2. The molecule has 0 radical (unpaired) electrons. The Bertz CT molecular complexity index is 490. The first kappa shape index (κ1) is 12.5. The molecular formula is C6H2ClN2NaO2S2. The molecule has 1 unspecified atom stereocenters. The summed E-state index contributed by atoms with van der Waals surface area (Å²) in [5, 5.41) is 0.119. The van der Waals surface area contributed by atoms with E-state index in [1.807, 2.05) is 0 Å². The molecule has 0 saturated carbocycles. The number of fused-ring (bicyclic) bond motifs is 1. The van der Waals surface area contributed by atoms with Crippen molar-refractivity contribution in [2.75, 3.05) is 0 Å². The van der Waals surface area contributed by atoms with Crippen LogP contribution in [0.1, 0.15) is 0 Å². The zero-order valence-corrected chi connectivity index (χ0v) is 11.4. The molecule has 0 saturated heterocycles. The molecule has 0 aliphatic rings. The fraction of sp³-hybridized carbons (Fsp3) is 0. The second-order valence-corrected chi connectivity index (χ2v) is 4.78. The average Bonchev–Trinajstić information content (AvgIpc) is 2.46. The van der Waals surface area contributed by atoms with Crippen LogP contribution in [0.4, 0.5) is 0 Å². The number of aromatic nitrogens is 2. The van der Waals surface area contributed by atoms with E-state index in [2.05, 4.69) is 9.97 Å². The van der Waals surface area contributed by atoms with Crippen LogP contribution in [0.25, 0.3) is 10.2 Å². The molecule has 0 fully saturated rings. The molecule has 0 aliphatic heterocycles. The van der Waals surface area contributed by atoms with Crippen molar-refractivity contribution in [2.24, 2.45) is 0 Å². The number of halogens is 1. The van der Waals surface area contributed by atoms with E-state index < -0.39 is 11.1 Å². The molecule has 0 N–H and O–H groups in total. The van der Waals surface area contributed by atoms with Crippen LogP contribution in [0.2, 0.25) is 5.28 Å². The van der Waals surface area contributed by atoms with Gasteiger partial charge in [0.15, 0.2) is 0 Å². The van der Waals surface area contributed by atoms with Crippen molar-refractivity contribution in [2.45, 2.75) is 4.21 Å². The summed E-state index contributed by atoms with van der Waals surface area (Å²) >= 11 is 4.44. The zero-order valence-electron chi connectivity index (χ0n) is 7.06. The van der Waals surface area contributed by atoms with Crippen molar-refractivity contribution >= 4 is 44.2 Å². The normalized spacial score (nSPS) is 12.4. The molecule has 0 bridgehead atoms. The number of thiophene rings is 1. The van der Waals surface area contributed by atoms with Gasteiger partial charge in [0.2, 0.25) is 5.28 Å². The largest absolute Gasteiger partial charge is 1.00 e. The summed E-state index contributed by atoms with van der Waals surface area (Å²) in [6.45, 7) is 0. The summed E-state index contributed by atoms with van der Waals surface area (Å²) in [6, 6.07) is 1.47. The van der Waals surface area contributed by atoms with Gasteiger partial charge in [0.05, 0.1) is 14.4 Å². The van der Waals surface area contributed by atoms with Crippen LogP contribution in [-0.2, 0) is 11.1 Å². The van der Waals surface area contributed by atoms with Gasteiger partial charge in [-0.05, 0) is 28.7 Å². The molecular weight excluding hydrogens is 255 g/mol. The van der Waals surface area contributed by atoms with Crippen LogP contribution in [0.15, 0.2) is 16.5 Å². The number of hydrogen-bond donors (Lipinski definition) is 0. The third-order valence-corrected chi connectivity index (χ3v) is 3.52. The number of hydrogen-bond acceptors (Lipinski definition) is 5. The predicted molar refractivity (Wildman–Crippen MR) is 49.6 cm³/mol. The van der Waals surface area contributed by atoms with E-state index in [9.17, 15) is 8.76 Å². The minimum absolute atomic E-state index is 0. The van der Waals surface area contributed by atoms with Crippen molar-refractivity contribution in [1.82, 2.24) is 9.97 Å². The maximum atomic E-state index is 10.6. The molecule has 0 aliphatic carbocycles. The molecule has 2 aromatic rings. The van der Waals surface area contributed by atoms with E-state index in [4.69, 9.17) is 11.6 Å². The van der Waals surface area contributed by atoms with E-state index in [0.29, 0.717) is 10.2 Å². The van der Waals surface area contributed by atoms with Gasteiger partial charge in [-0.1, -0.05) is 0 Å². The quantitative estimate of drug-likeness (QED) is 0.357. The van der Waals surface area contributed by atoms with Gasteiger partial charge in [0.1, 0.15) is 0 Å². The first-order valence-electron chi connectivity index (χ1n) is 3.18. The third kappa shape index (κ3) is 2.52. The smallest absolute Gasteiger partial charge is 0.768 e. The molecule has 8 heteroatoms. The van der Waals surface area contributed by atoms with Crippen LogP contribution in [0.3, 0.4) is 0 Å². The van der Waals surface area contributed by atoms with E-state index in [1.54, 1.807) is 0 Å². The third-order valence-electron chi connectivity index (χ3n) is 1.38. The Hall–Kier alpha value is 0.440. The molecule has 68 valence electrons. The standard InChI is InChI=1S/C6H3ClN2O2S2.Na/c7-6-8-2-4-3(9-6)1-5(12-4)13(10)11;/h1-2H,(H,10,11);/q;+1/p-1. The second-order valence-electron chi connectivity index (χ2n) is 2.19. The van der Waals surface area contributed by atoms with Crippen LogP contribution in [0.5, 0.6) is 0 Å². The molecule has 14 heavy (non-hydrogen) atoms. The van der Waals surface area contributed by atoms with Crippen molar-refractivity contribution in [1.29, 1.82) is 0 Å². The Kier molecular flexibility index (Phi) is 4.45. The Labute approximate surface area is 113 Å². The Balaban J connectivity index is 0.000000980. The minimum atomic E-state index is -2.21. The number of rotatable bonds is 1. The predicted octanol–water partition coefficient (Wildman–Crippen LogP) is -1.41. The summed E-state index contributed by atoms with van der Waals surface area (Å²) < 4.78 is 22.1. The van der Waals surface area contributed by atoms with E-state index in [1.165, 1.54) is 12.3 Å². The van der Waals surface area contributed by atoms with Crippen LogP contribution >= 0.6 is 22.9 Å². The van der Waals surface area contributed by atoms with Gasteiger partial charge in [0.25, 0.3) is 0 Å². The molecule has 0 aromatic carbocycles. The van der Waals surface area contributed by atoms with Gasteiger partial charge < -0.3 is 4.55 Å². The summed E-state index contributed by atoms with van der Waals surface area (Å²) in [4.78, 5) is 7.61. The van der Waals surface area contributed by atoms with Gasteiger partial charge in [0, 0.05) is 6.20 Å². The molecule has 0 spiro atoms. The monoisotopic (exact) mass is 256 g/mol. The zero-order chi connectivity index (χ0) is 9.42. The molecule has 0 amide bonds. The molecule has 1 atom stereocenters. The molecule has 2 rings (SSSR count). The van der Waals surface area contributed by atoms with Crippen LogP contribution in [-0.4, -0.2) is 18.7 Å². The molecule has 4 nitrogen and oxygen atoms in total. The molecule has 2 aromatic heterocycles. The first-order chi connectivity index (χ1) is 6.16. The van der Waals surface area contributed by atoms with Crippen molar-refractivity contribution in [3.05, 3.63) is 17.5 Å². The average molecular weight is 257 g/mol. The summed E-state index contributed by atoms with van der Waals surface area (Å²) in [6.07, 6.45) is 1.51. The fourth-order valence-corrected chi connectivity index (χ4v) is 2.47. The maximum absolute atomic E-state index is 10.6. The van der Waals surface area contributed by atoms with E-state index >= 15 is 0 Å². The Morgan fingerprint density at radius 2 is 2.29 bits per heavy atom. The summed E-state index contributed by atoms with van der Waals surface area (Å²) in [5.41, 5.74) is 0.559. The summed E-state index contributed by atoms with van der Waals surface area (Å²) in [5.74, 6) is 0. The van der Waals surface area contributed by atoms with Gasteiger partial charge >= 0.3 is 29.6 Å². The SMILES string of the molecule is O=S([O-])c1cc2nc(Cl)ncc2s1.[Na+]. The van der Waals surface area contributed by atoms with Crippen LogP contribution < -0.4 is 29.6 Å². The Morgan fingerprint density at radius 3 is 2.93 bits per heavy atom. The van der Waals surface area contributed by atoms with Crippen LogP contribution in [0, 0.1) is 0 Å². The maximum Gasteiger partial charge on any atom is 1.00 e. The second kappa shape index (κ2) is 4.98.